The van der Waals surface area contributed by atoms with Gasteiger partial charge in [-0.3, -0.25) is 4.79 Å². The maximum atomic E-state index is 12.3. The molecule has 1 aromatic heterocycles. The highest BCUT2D eigenvalue weighted by Gasteiger charge is 2.36. The van der Waals surface area contributed by atoms with E-state index in [-0.39, 0.29) is 29.8 Å². The zero-order chi connectivity index (χ0) is 14.9. The van der Waals surface area contributed by atoms with Gasteiger partial charge < -0.3 is 19.8 Å². The molecule has 1 aromatic rings. The van der Waals surface area contributed by atoms with E-state index in [0.29, 0.717) is 6.54 Å². The Kier molecular flexibility index (Phi) is 4.07. The van der Waals surface area contributed by atoms with Crippen LogP contribution in [0.5, 0.6) is 0 Å². The number of aliphatic hydroxyl groups is 1. The fourth-order valence-corrected chi connectivity index (χ4v) is 2.91. The number of amides is 1. The van der Waals surface area contributed by atoms with Crippen molar-refractivity contribution in [3.8, 4) is 0 Å². The summed E-state index contributed by atoms with van der Waals surface area (Å²) in [6, 6.07) is 0. The van der Waals surface area contributed by atoms with E-state index < -0.39 is 17.7 Å². The summed E-state index contributed by atoms with van der Waals surface area (Å²) >= 11 is 1.00. The number of carboxylic acid groups (broad SMARTS) is 1. The topological polar surface area (TPSA) is 100.0 Å². The van der Waals surface area contributed by atoms with Gasteiger partial charge in [-0.2, -0.15) is 0 Å². The summed E-state index contributed by atoms with van der Waals surface area (Å²) in [5.74, 6) is -1.49. The molecule has 2 N–H and O–H groups in total. The van der Waals surface area contributed by atoms with Crippen molar-refractivity contribution in [1.29, 1.82) is 0 Å². The highest BCUT2D eigenvalue weighted by atomic mass is 32.1. The van der Waals surface area contributed by atoms with Crippen molar-refractivity contribution in [3.05, 3.63) is 16.1 Å². The Bertz CT molecular complexity index is 528. The minimum atomic E-state index is -1.16. The minimum Gasteiger partial charge on any atom is -0.476 e. The van der Waals surface area contributed by atoms with E-state index in [4.69, 9.17) is 9.84 Å². The number of thiazole rings is 1. The van der Waals surface area contributed by atoms with E-state index in [2.05, 4.69) is 4.98 Å². The van der Waals surface area contributed by atoms with Gasteiger partial charge in [-0.15, -0.1) is 11.3 Å². The van der Waals surface area contributed by atoms with Gasteiger partial charge in [-0.25, -0.2) is 9.78 Å². The van der Waals surface area contributed by atoms with Crippen LogP contribution in [-0.2, 0) is 4.74 Å². The minimum absolute atomic E-state index is 0.135. The molecule has 0 bridgehead atoms. The molecule has 1 aliphatic rings. The Morgan fingerprint density at radius 3 is 2.85 bits per heavy atom. The number of carboxylic acids is 1. The lowest BCUT2D eigenvalue weighted by molar-refractivity contribution is -0.139. The Morgan fingerprint density at radius 1 is 1.60 bits per heavy atom. The van der Waals surface area contributed by atoms with Crippen LogP contribution in [0, 0.1) is 0 Å². The number of ether oxygens (including phenoxy) is 1. The number of hydrogen-bond acceptors (Lipinski definition) is 6. The van der Waals surface area contributed by atoms with Crippen LogP contribution in [0.15, 0.2) is 5.38 Å². The van der Waals surface area contributed by atoms with Gasteiger partial charge in [0.2, 0.25) is 0 Å². The first-order chi connectivity index (χ1) is 9.32. The van der Waals surface area contributed by atoms with E-state index in [1.165, 1.54) is 10.3 Å². The van der Waals surface area contributed by atoms with Crippen molar-refractivity contribution in [2.24, 2.45) is 0 Å². The van der Waals surface area contributed by atoms with Crippen LogP contribution in [0.1, 0.15) is 34.1 Å². The average Bonchev–Trinajstić information content (AvgIpc) is 2.85. The number of carbonyl (C=O) groups excluding carboxylic acids is 1. The van der Waals surface area contributed by atoms with Crippen molar-refractivity contribution < 1.29 is 24.5 Å². The predicted molar refractivity (Wildman–Crippen MR) is 71.0 cm³/mol. The van der Waals surface area contributed by atoms with Crippen LogP contribution >= 0.6 is 11.3 Å². The van der Waals surface area contributed by atoms with E-state index in [1.807, 2.05) is 13.8 Å². The Hall–Kier alpha value is -1.51. The van der Waals surface area contributed by atoms with Gasteiger partial charge in [0.05, 0.1) is 18.3 Å². The SMILES string of the molecule is CC1(C)CN(C(=O)c2nc(C(=O)O)cs2)CC(CO)O1. The van der Waals surface area contributed by atoms with E-state index in [9.17, 15) is 14.7 Å². The molecule has 1 saturated heterocycles. The molecule has 20 heavy (non-hydrogen) atoms. The summed E-state index contributed by atoms with van der Waals surface area (Å²) in [4.78, 5) is 28.5. The molecule has 0 aliphatic carbocycles. The highest BCUT2D eigenvalue weighted by molar-refractivity contribution is 7.11. The summed E-state index contributed by atoms with van der Waals surface area (Å²) in [5, 5.41) is 19.5. The maximum Gasteiger partial charge on any atom is 0.355 e. The summed E-state index contributed by atoms with van der Waals surface area (Å²) in [7, 11) is 0. The van der Waals surface area contributed by atoms with Crippen LogP contribution in [0.3, 0.4) is 0 Å². The number of carbonyl (C=O) groups is 2. The van der Waals surface area contributed by atoms with Gasteiger partial charge in [-0.1, -0.05) is 0 Å². The van der Waals surface area contributed by atoms with Crippen molar-refractivity contribution in [2.45, 2.75) is 25.6 Å². The number of aromatic nitrogens is 1. The Labute approximate surface area is 119 Å². The number of hydrogen-bond donors (Lipinski definition) is 2. The molecule has 1 unspecified atom stereocenters. The molecule has 1 fully saturated rings. The van der Waals surface area contributed by atoms with Gasteiger partial charge >= 0.3 is 5.97 Å². The first-order valence-electron chi connectivity index (χ1n) is 6.09. The largest absolute Gasteiger partial charge is 0.476 e. The molecule has 2 heterocycles. The number of aliphatic hydroxyl groups excluding tert-OH is 1. The number of morpholine rings is 1. The van der Waals surface area contributed by atoms with Crippen molar-refractivity contribution >= 4 is 23.2 Å². The Morgan fingerprint density at radius 2 is 2.30 bits per heavy atom. The third kappa shape index (κ3) is 3.14. The molecule has 2 rings (SSSR count). The average molecular weight is 300 g/mol. The summed E-state index contributed by atoms with van der Waals surface area (Å²) in [6.07, 6.45) is -0.443. The zero-order valence-electron chi connectivity index (χ0n) is 11.2. The molecule has 110 valence electrons. The van der Waals surface area contributed by atoms with Crippen LogP contribution < -0.4 is 0 Å². The second kappa shape index (κ2) is 5.47. The number of aromatic carboxylic acids is 1. The lowest BCUT2D eigenvalue weighted by Crippen LogP contribution is -2.55. The molecular formula is C12H16N2O5S. The van der Waals surface area contributed by atoms with Gasteiger partial charge in [0, 0.05) is 18.5 Å². The number of rotatable bonds is 3. The molecule has 0 saturated carbocycles. The quantitative estimate of drug-likeness (QED) is 0.841. The second-order valence-corrected chi connectivity index (χ2v) is 6.07. The van der Waals surface area contributed by atoms with Crippen molar-refractivity contribution in [2.75, 3.05) is 19.7 Å². The second-order valence-electron chi connectivity index (χ2n) is 5.21. The fourth-order valence-electron chi connectivity index (χ4n) is 2.15. The van der Waals surface area contributed by atoms with Crippen LogP contribution in [0.25, 0.3) is 0 Å². The normalized spacial score (nSPS) is 21.8. The summed E-state index contributed by atoms with van der Waals surface area (Å²) < 4.78 is 5.63. The molecule has 1 aliphatic heterocycles. The zero-order valence-corrected chi connectivity index (χ0v) is 12.0. The molecule has 0 radical (unpaired) electrons. The molecule has 1 atom stereocenters. The summed E-state index contributed by atoms with van der Waals surface area (Å²) in [5.41, 5.74) is -0.696. The predicted octanol–water partition coefficient (Wildman–Crippen LogP) is 0.453. The van der Waals surface area contributed by atoms with Gasteiger partial charge in [-0.05, 0) is 13.8 Å². The highest BCUT2D eigenvalue weighted by Crippen LogP contribution is 2.23. The van der Waals surface area contributed by atoms with Crippen molar-refractivity contribution in [3.63, 3.8) is 0 Å². The molecule has 0 spiro atoms. The first-order valence-corrected chi connectivity index (χ1v) is 6.97. The monoisotopic (exact) mass is 300 g/mol. The Balaban J connectivity index is 2.16. The van der Waals surface area contributed by atoms with Gasteiger partial charge in [0.1, 0.15) is 0 Å². The first kappa shape index (κ1) is 14.9. The lowest BCUT2D eigenvalue weighted by atomic mass is 10.1. The number of nitrogens with zero attached hydrogens (tertiary/aromatic N) is 2. The summed E-state index contributed by atoms with van der Waals surface area (Å²) in [6.45, 7) is 4.12. The third-order valence-electron chi connectivity index (χ3n) is 2.88. The smallest absolute Gasteiger partial charge is 0.355 e. The van der Waals surface area contributed by atoms with Crippen LogP contribution in [0.4, 0.5) is 0 Å². The van der Waals surface area contributed by atoms with E-state index in [0.717, 1.165) is 11.3 Å². The molecule has 0 aromatic carbocycles. The van der Waals surface area contributed by atoms with Gasteiger partial charge in [0.25, 0.3) is 5.91 Å². The molecule has 8 heteroatoms. The fraction of sp³-hybridized carbons (Fsp3) is 0.583. The molecular weight excluding hydrogens is 284 g/mol. The van der Waals surface area contributed by atoms with Crippen LogP contribution in [0.2, 0.25) is 0 Å². The van der Waals surface area contributed by atoms with E-state index in [1.54, 1.807) is 0 Å². The van der Waals surface area contributed by atoms with Gasteiger partial charge in [0.15, 0.2) is 10.7 Å². The molecule has 1 amide bonds. The standard InChI is InChI=1S/C12H16N2O5S/c1-12(2)6-14(3-7(4-15)19-12)10(16)9-13-8(5-20-9)11(17)18/h5,7,15H,3-4,6H2,1-2H3,(H,17,18). The molecule has 7 nitrogen and oxygen atoms in total. The maximum absolute atomic E-state index is 12.3. The van der Waals surface area contributed by atoms with E-state index >= 15 is 0 Å². The van der Waals surface area contributed by atoms with Crippen molar-refractivity contribution in [1.82, 2.24) is 9.88 Å². The lowest BCUT2D eigenvalue weighted by Gasteiger charge is -2.41. The third-order valence-corrected chi connectivity index (χ3v) is 3.71. The van der Waals surface area contributed by atoms with Crippen LogP contribution in [-0.4, -0.2) is 63.4 Å².